The van der Waals surface area contributed by atoms with Crippen molar-refractivity contribution in [1.29, 1.82) is 0 Å². The Morgan fingerprint density at radius 2 is 2.12 bits per heavy atom. The molecule has 0 spiro atoms. The first-order valence-electron chi connectivity index (χ1n) is 6.18. The van der Waals surface area contributed by atoms with Gasteiger partial charge in [0.25, 0.3) is 0 Å². The highest BCUT2D eigenvalue weighted by Gasteiger charge is 2.12. The average molecular weight is 220 g/mol. The number of hydrogen-bond donors (Lipinski definition) is 1. The minimum absolute atomic E-state index is 0.460. The molecule has 0 bridgehead atoms. The quantitative estimate of drug-likeness (QED) is 0.798. The number of nitrogens with two attached hydrogens (primary N) is 1. The number of unbranched alkanes of at least 4 members (excludes halogenated alkanes) is 1. The van der Waals surface area contributed by atoms with Crippen molar-refractivity contribution in [2.45, 2.75) is 39.2 Å². The summed E-state index contributed by atoms with van der Waals surface area (Å²) in [7, 11) is 2.14. The summed E-state index contributed by atoms with van der Waals surface area (Å²) in [5.74, 6) is 0. The molecule has 1 atom stereocenters. The first-order chi connectivity index (χ1) is 7.69. The second-order valence-corrected chi connectivity index (χ2v) is 4.48. The highest BCUT2D eigenvalue weighted by Crippen LogP contribution is 2.18. The van der Waals surface area contributed by atoms with Gasteiger partial charge in [-0.3, -0.25) is 0 Å². The summed E-state index contributed by atoms with van der Waals surface area (Å²) in [6.45, 7) is 5.07. The largest absolute Gasteiger partial charge is 0.370 e. The summed E-state index contributed by atoms with van der Waals surface area (Å²) >= 11 is 0. The van der Waals surface area contributed by atoms with E-state index in [1.807, 2.05) is 0 Å². The molecule has 1 rings (SSSR count). The van der Waals surface area contributed by atoms with Crippen molar-refractivity contribution in [2.24, 2.45) is 5.73 Å². The van der Waals surface area contributed by atoms with Crippen molar-refractivity contribution in [3.8, 4) is 0 Å². The Balaban J connectivity index is 2.70. The second-order valence-electron chi connectivity index (χ2n) is 4.48. The second kappa shape index (κ2) is 6.54. The van der Waals surface area contributed by atoms with Gasteiger partial charge in [-0.2, -0.15) is 0 Å². The summed E-state index contributed by atoms with van der Waals surface area (Å²) in [5, 5.41) is 0. The predicted octanol–water partition coefficient (Wildman–Crippen LogP) is 2.95. The van der Waals surface area contributed by atoms with Gasteiger partial charge in [0.1, 0.15) is 0 Å². The molecular formula is C14H24N2. The van der Waals surface area contributed by atoms with Gasteiger partial charge in [0.2, 0.25) is 0 Å². The molecule has 90 valence electrons. The van der Waals surface area contributed by atoms with Crippen LogP contribution in [0, 0.1) is 6.92 Å². The van der Waals surface area contributed by atoms with Crippen molar-refractivity contribution in [1.82, 2.24) is 0 Å². The van der Waals surface area contributed by atoms with Crippen molar-refractivity contribution in [2.75, 3.05) is 18.5 Å². The standard InChI is InChI=1S/C14H24N2/c1-4-5-8-14(11-15)16(3)13-9-6-7-12(2)10-13/h6-7,9-10,14H,4-5,8,11,15H2,1-3H3. The van der Waals surface area contributed by atoms with E-state index >= 15 is 0 Å². The number of nitrogens with zero attached hydrogens (tertiary/aromatic N) is 1. The zero-order chi connectivity index (χ0) is 12.0. The Bertz CT molecular complexity index is 309. The third-order valence-electron chi connectivity index (χ3n) is 3.12. The molecule has 0 aliphatic carbocycles. The van der Waals surface area contributed by atoms with Crippen LogP contribution in [-0.4, -0.2) is 19.6 Å². The molecule has 1 aromatic carbocycles. The van der Waals surface area contributed by atoms with Gasteiger partial charge >= 0.3 is 0 Å². The van der Waals surface area contributed by atoms with Crippen LogP contribution in [0.2, 0.25) is 0 Å². The van der Waals surface area contributed by atoms with Gasteiger partial charge in [0, 0.05) is 25.3 Å². The minimum atomic E-state index is 0.460. The highest BCUT2D eigenvalue weighted by molar-refractivity contribution is 5.48. The molecule has 1 unspecified atom stereocenters. The van der Waals surface area contributed by atoms with Gasteiger partial charge in [-0.05, 0) is 31.0 Å². The van der Waals surface area contributed by atoms with E-state index in [0.29, 0.717) is 6.04 Å². The zero-order valence-electron chi connectivity index (χ0n) is 10.7. The maximum Gasteiger partial charge on any atom is 0.0409 e. The highest BCUT2D eigenvalue weighted by atomic mass is 15.1. The normalized spacial score (nSPS) is 12.5. The Morgan fingerprint density at radius 1 is 1.38 bits per heavy atom. The number of hydrogen-bond acceptors (Lipinski definition) is 2. The molecule has 0 aliphatic heterocycles. The fourth-order valence-corrected chi connectivity index (χ4v) is 1.97. The van der Waals surface area contributed by atoms with Crippen LogP contribution in [-0.2, 0) is 0 Å². The molecule has 0 fully saturated rings. The van der Waals surface area contributed by atoms with Crippen LogP contribution in [0.4, 0.5) is 5.69 Å². The van der Waals surface area contributed by atoms with Crippen LogP contribution in [0.15, 0.2) is 24.3 Å². The molecular weight excluding hydrogens is 196 g/mol. The van der Waals surface area contributed by atoms with E-state index in [9.17, 15) is 0 Å². The zero-order valence-corrected chi connectivity index (χ0v) is 10.7. The van der Waals surface area contributed by atoms with Gasteiger partial charge in [-0.25, -0.2) is 0 Å². The maximum absolute atomic E-state index is 5.85. The molecule has 0 saturated carbocycles. The van der Waals surface area contributed by atoms with Crippen molar-refractivity contribution in [3.05, 3.63) is 29.8 Å². The van der Waals surface area contributed by atoms with Gasteiger partial charge in [0.15, 0.2) is 0 Å². The van der Waals surface area contributed by atoms with Crippen LogP contribution in [0.5, 0.6) is 0 Å². The molecule has 0 radical (unpaired) electrons. The molecule has 0 amide bonds. The molecule has 0 aromatic heterocycles. The number of aryl methyl sites for hydroxylation is 1. The third-order valence-corrected chi connectivity index (χ3v) is 3.12. The lowest BCUT2D eigenvalue weighted by molar-refractivity contribution is 0.558. The summed E-state index contributed by atoms with van der Waals surface area (Å²) in [6, 6.07) is 9.06. The summed E-state index contributed by atoms with van der Waals surface area (Å²) in [4.78, 5) is 2.31. The van der Waals surface area contributed by atoms with E-state index in [2.05, 4.69) is 50.1 Å². The maximum atomic E-state index is 5.85. The van der Waals surface area contributed by atoms with Gasteiger partial charge in [-0.1, -0.05) is 31.9 Å². The van der Waals surface area contributed by atoms with Crippen molar-refractivity contribution < 1.29 is 0 Å². The lowest BCUT2D eigenvalue weighted by Crippen LogP contribution is -2.37. The molecule has 0 heterocycles. The molecule has 2 N–H and O–H groups in total. The molecule has 16 heavy (non-hydrogen) atoms. The van der Waals surface area contributed by atoms with Crippen molar-refractivity contribution in [3.63, 3.8) is 0 Å². The minimum Gasteiger partial charge on any atom is -0.370 e. The Kier molecular flexibility index (Phi) is 5.33. The number of likely N-dealkylation sites (N-methyl/N-ethyl adjacent to an activating group) is 1. The summed E-state index contributed by atoms with van der Waals surface area (Å²) < 4.78 is 0. The lowest BCUT2D eigenvalue weighted by atomic mass is 10.1. The van der Waals surface area contributed by atoms with Gasteiger partial charge < -0.3 is 10.6 Å². The number of benzene rings is 1. The fraction of sp³-hybridized carbons (Fsp3) is 0.571. The van der Waals surface area contributed by atoms with E-state index in [1.54, 1.807) is 0 Å². The Morgan fingerprint density at radius 3 is 2.69 bits per heavy atom. The smallest absolute Gasteiger partial charge is 0.0409 e. The lowest BCUT2D eigenvalue weighted by Gasteiger charge is -2.29. The van der Waals surface area contributed by atoms with E-state index < -0.39 is 0 Å². The SMILES string of the molecule is CCCCC(CN)N(C)c1cccc(C)c1. The first kappa shape index (κ1) is 13.0. The van der Waals surface area contributed by atoms with E-state index in [0.717, 1.165) is 6.54 Å². The van der Waals surface area contributed by atoms with E-state index in [-0.39, 0.29) is 0 Å². The molecule has 0 aliphatic rings. The van der Waals surface area contributed by atoms with E-state index in [4.69, 9.17) is 5.73 Å². The van der Waals surface area contributed by atoms with Crippen LogP contribution in [0.3, 0.4) is 0 Å². The predicted molar refractivity (Wildman–Crippen MR) is 71.9 cm³/mol. The molecule has 2 nitrogen and oxygen atoms in total. The number of anilines is 1. The topological polar surface area (TPSA) is 29.3 Å². The first-order valence-corrected chi connectivity index (χ1v) is 6.18. The van der Waals surface area contributed by atoms with Crippen molar-refractivity contribution >= 4 is 5.69 Å². The average Bonchev–Trinajstić information content (AvgIpc) is 2.29. The molecule has 1 aromatic rings. The van der Waals surface area contributed by atoms with E-state index in [1.165, 1.54) is 30.5 Å². The molecule has 0 saturated heterocycles. The Hall–Kier alpha value is -1.02. The van der Waals surface area contributed by atoms with Gasteiger partial charge in [0.05, 0.1) is 0 Å². The monoisotopic (exact) mass is 220 g/mol. The van der Waals surface area contributed by atoms with Crippen LogP contribution in [0.1, 0.15) is 31.7 Å². The third kappa shape index (κ3) is 3.53. The van der Waals surface area contributed by atoms with Crippen LogP contribution >= 0.6 is 0 Å². The fourth-order valence-electron chi connectivity index (χ4n) is 1.97. The summed E-state index contributed by atoms with van der Waals surface area (Å²) in [5.41, 5.74) is 8.42. The summed E-state index contributed by atoms with van der Waals surface area (Å²) in [6.07, 6.45) is 3.66. The van der Waals surface area contributed by atoms with Crippen LogP contribution in [0.25, 0.3) is 0 Å². The number of rotatable bonds is 6. The van der Waals surface area contributed by atoms with Crippen LogP contribution < -0.4 is 10.6 Å². The molecule has 2 heteroatoms. The Labute approximate surface area is 99.5 Å². The van der Waals surface area contributed by atoms with Gasteiger partial charge in [-0.15, -0.1) is 0 Å².